The van der Waals surface area contributed by atoms with E-state index in [4.69, 9.17) is 9.47 Å². The highest BCUT2D eigenvalue weighted by Gasteiger charge is 2.06. The van der Waals surface area contributed by atoms with Gasteiger partial charge < -0.3 is 19.7 Å². The van der Waals surface area contributed by atoms with Gasteiger partial charge in [0, 0.05) is 18.7 Å². The second-order valence-electron chi connectivity index (χ2n) is 6.92. The second-order valence-corrected chi connectivity index (χ2v) is 6.92. The number of likely N-dealkylation sites (N-methyl/N-ethyl adjacent to an activating group) is 1. The predicted molar refractivity (Wildman–Crippen MR) is 115 cm³/mol. The van der Waals surface area contributed by atoms with Crippen molar-refractivity contribution < 1.29 is 14.3 Å². The Morgan fingerprint density at radius 3 is 2.10 bits per heavy atom. The molecular weight excluding hydrogens is 364 g/mol. The summed E-state index contributed by atoms with van der Waals surface area (Å²) in [6, 6.07) is 24.4. The molecule has 0 saturated heterocycles. The van der Waals surface area contributed by atoms with Crippen LogP contribution in [0.1, 0.15) is 15.9 Å². The number of ether oxygens (including phenoxy) is 2. The normalized spacial score (nSPS) is 10.6. The standard InChI is InChI=1S/C24H26N2O3/c1-26(2)16-17-28-21-12-8-19(9-13-21)18-25-24(27)20-10-14-23(15-11-20)29-22-6-4-3-5-7-22/h3-15H,16-18H2,1-2H3,(H,25,27). The monoisotopic (exact) mass is 390 g/mol. The molecular formula is C24H26N2O3. The Labute approximate surface area is 171 Å². The van der Waals surface area contributed by atoms with Gasteiger partial charge in [0.1, 0.15) is 23.9 Å². The number of nitrogens with one attached hydrogen (secondary N) is 1. The van der Waals surface area contributed by atoms with E-state index in [-0.39, 0.29) is 5.91 Å². The lowest BCUT2D eigenvalue weighted by Crippen LogP contribution is -2.22. The maximum atomic E-state index is 12.4. The molecule has 0 unspecified atom stereocenters. The van der Waals surface area contributed by atoms with Crippen molar-refractivity contribution >= 4 is 5.91 Å². The van der Waals surface area contributed by atoms with Crippen molar-refractivity contribution in [1.82, 2.24) is 10.2 Å². The Morgan fingerprint density at radius 2 is 1.45 bits per heavy atom. The van der Waals surface area contributed by atoms with Crippen molar-refractivity contribution in [3.8, 4) is 17.2 Å². The van der Waals surface area contributed by atoms with E-state index in [0.717, 1.165) is 23.6 Å². The molecule has 1 N–H and O–H groups in total. The van der Waals surface area contributed by atoms with Gasteiger partial charge in [-0.25, -0.2) is 0 Å². The lowest BCUT2D eigenvalue weighted by molar-refractivity contribution is 0.0951. The van der Waals surface area contributed by atoms with Gasteiger partial charge in [0.25, 0.3) is 5.91 Å². The predicted octanol–water partition coefficient (Wildman–Crippen LogP) is 4.35. The van der Waals surface area contributed by atoms with Crippen molar-refractivity contribution in [1.29, 1.82) is 0 Å². The van der Waals surface area contributed by atoms with Gasteiger partial charge in [-0.05, 0) is 68.2 Å². The van der Waals surface area contributed by atoms with Gasteiger partial charge in [0.05, 0.1) is 0 Å². The molecule has 150 valence electrons. The van der Waals surface area contributed by atoms with Crippen LogP contribution in [0.5, 0.6) is 17.2 Å². The van der Waals surface area contributed by atoms with Crippen LogP contribution >= 0.6 is 0 Å². The van der Waals surface area contributed by atoms with Crippen molar-refractivity contribution in [3.63, 3.8) is 0 Å². The van der Waals surface area contributed by atoms with Crippen molar-refractivity contribution in [2.45, 2.75) is 6.54 Å². The van der Waals surface area contributed by atoms with Crippen LogP contribution in [-0.4, -0.2) is 38.1 Å². The fourth-order valence-electron chi connectivity index (χ4n) is 2.63. The van der Waals surface area contributed by atoms with Crippen LogP contribution in [-0.2, 0) is 6.54 Å². The minimum Gasteiger partial charge on any atom is -0.492 e. The molecule has 0 aromatic heterocycles. The number of benzene rings is 3. The lowest BCUT2D eigenvalue weighted by Gasteiger charge is -2.11. The molecule has 3 aromatic rings. The molecule has 0 aliphatic rings. The van der Waals surface area contributed by atoms with Crippen LogP contribution in [0, 0.1) is 0 Å². The molecule has 0 radical (unpaired) electrons. The Hall–Kier alpha value is -3.31. The summed E-state index contributed by atoms with van der Waals surface area (Å²) in [7, 11) is 4.03. The average Bonchev–Trinajstić information content (AvgIpc) is 2.74. The molecule has 3 rings (SSSR count). The second kappa shape index (κ2) is 10.3. The Kier molecular flexibility index (Phi) is 7.25. The van der Waals surface area contributed by atoms with E-state index in [1.807, 2.05) is 68.7 Å². The first-order chi connectivity index (χ1) is 14.1. The maximum Gasteiger partial charge on any atom is 0.251 e. The SMILES string of the molecule is CN(C)CCOc1ccc(CNC(=O)c2ccc(Oc3ccccc3)cc2)cc1. The van der Waals surface area contributed by atoms with Gasteiger partial charge in [-0.3, -0.25) is 4.79 Å². The van der Waals surface area contributed by atoms with Crippen LogP contribution in [0.4, 0.5) is 0 Å². The lowest BCUT2D eigenvalue weighted by atomic mass is 10.2. The molecule has 0 aliphatic carbocycles. The van der Waals surface area contributed by atoms with E-state index >= 15 is 0 Å². The zero-order valence-electron chi connectivity index (χ0n) is 16.8. The van der Waals surface area contributed by atoms with Gasteiger partial charge in [0.15, 0.2) is 0 Å². The number of hydrogen-bond donors (Lipinski definition) is 1. The van der Waals surface area contributed by atoms with Gasteiger partial charge in [0.2, 0.25) is 0 Å². The molecule has 0 fully saturated rings. The molecule has 3 aromatic carbocycles. The highest BCUT2D eigenvalue weighted by atomic mass is 16.5. The highest BCUT2D eigenvalue weighted by molar-refractivity contribution is 5.94. The first kappa shape index (κ1) is 20.4. The zero-order chi connectivity index (χ0) is 20.5. The van der Waals surface area contributed by atoms with Crippen LogP contribution < -0.4 is 14.8 Å². The summed E-state index contributed by atoms with van der Waals surface area (Å²) in [5, 5.41) is 2.93. The van der Waals surface area contributed by atoms with Crippen molar-refractivity contribution in [2.24, 2.45) is 0 Å². The largest absolute Gasteiger partial charge is 0.492 e. The number of carbonyl (C=O) groups is 1. The van der Waals surface area contributed by atoms with Gasteiger partial charge >= 0.3 is 0 Å². The minimum absolute atomic E-state index is 0.123. The number of para-hydroxylation sites is 1. The summed E-state index contributed by atoms with van der Waals surface area (Å²) in [5.41, 5.74) is 1.61. The fourth-order valence-corrected chi connectivity index (χ4v) is 2.63. The molecule has 0 atom stereocenters. The number of amides is 1. The molecule has 5 heteroatoms. The van der Waals surface area contributed by atoms with Gasteiger partial charge in [-0.2, -0.15) is 0 Å². The summed E-state index contributed by atoms with van der Waals surface area (Å²) >= 11 is 0. The van der Waals surface area contributed by atoms with E-state index in [9.17, 15) is 4.79 Å². The van der Waals surface area contributed by atoms with E-state index in [1.54, 1.807) is 24.3 Å². The summed E-state index contributed by atoms with van der Waals surface area (Å²) in [5.74, 6) is 2.16. The Balaban J connectivity index is 1.47. The molecule has 0 bridgehead atoms. The average molecular weight is 390 g/mol. The van der Waals surface area contributed by atoms with Crippen LogP contribution in [0.25, 0.3) is 0 Å². The molecule has 29 heavy (non-hydrogen) atoms. The Bertz CT molecular complexity index is 892. The third-order valence-corrected chi connectivity index (χ3v) is 4.28. The van der Waals surface area contributed by atoms with E-state index < -0.39 is 0 Å². The van der Waals surface area contributed by atoms with Crippen molar-refractivity contribution in [2.75, 3.05) is 27.2 Å². The highest BCUT2D eigenvalue weighted by Crippen LogP contribution is 2.21. The number of rotatable bonds is 9. The van der Waals surface area contributed by atoms with Gasteiger partial charge in [-0.15, -0.1) is 0 Å². The number of nitrogens with zero attached hydrogens (tertiary/aromatic N) is 1. The summed E-state index contributed by atoms with van der Waals surface area (Å²) in [6.45, 7) is 1.97. The topological polar surface area (TPSA) is 50.8 Å². The van der Waals surface area contributed by atoms with Crippen LogP contribution in [0.3, 0.4) is 0 Å². The third-order valence-electron chi connectivity index (χ3n) is 4.28. The van der Waals surface area contributed by atoms with Crippen molar-refractivity contribution in [3.05, 3.63) is 90.0 Å². The molecule has 1 amide bonds. The zero-order valence-corrected chi connectivity index (χ0v) is 16.8. The summed E-state index contributed by atoms with van der Waals surface area (Å²) in [4.78, 5) is 14.5. The summed E-state index contributed by atoms with van der Waals surface area (Å²) in [6.07, 6.45) is 0. The quantitative estimate of drug-likeness (QED) is 0.590. The smallest absolute Gasteiger partial charge is 0.251 e. The number of hydrogen-bond acceptors (Lipinski definition) is 4. The molecule has 0 heterocycles. The fraction of sp³-hybridized carbons (Fsp3) is 0.208. The molecule has 5 nitrogen and oxygen atoms in total. The maximum absolute atomic E-state index is 12.4. The summed E-state index contributed by atoms with van der Waals surface area (Å²) < 4.78 is 11.4. The first-order valence-corrected chi connectivity index (χ1v) is 9.58. The molecule has 0 aliphatic heterocycles. The molecule has 0 spiro atoms. The minimum atomic E-state index is -0.123. The van der Waals surface area contributed by atoms with Crippen LogP contribution in [0.15, 0.2) is 78.9 Å². The van der Waals surface area contributed by atoms with E-state index in [1.165, 1.54) is 0 Å². The van der Waals surface area contributed by atoms with Crippen LogP contribution in [0.2, 0.25) is 0 Å². The Morgan fingerprint density at radius 1 is 0.828 bits per heavy atom. The first-order valence-electron chi connectivity index (χ1n) is 9.58. The molecule has 0 saturated carbocycles. The van der Waals surface area contributed by atoms with E-state index in [0.29, 0.717) is 24.5 Å². The third kappa shape index (κ3) is 6.66. The van der Waals surface area contributed by atoms with E-state index in [2.05, 4.69) is 10.2 Å². The van der Waals surface area contributed by atoms with Gasteiger partial charge in [-0.1, -0.05) is 30.3 Å². The number of carbonyl (C=O) groups excluding carboxylic acids is 1.